The fourth-order valence-electron chi connectivity index (χ4n) is 2.92. The van der Waals surface area contributed by atoms with Gasteiger partial charge in [0.1, 0.15) is 0 Å². The molecular weight excluding hydrogens is 274 g/mol. The Morgan fingerprint density at radius 2 is 1.91 bits per heavy atom. The molecule has 2 rings (SSSR count). The Hall–Kier alpha value is -1.55. The van der Waals surface area contributed by atoms with Gasteiger partial charge >= 0.3 is 0 Å². The van der Waals surface area contributed by atoms with Crippen molar-refractivity contribution in [3.63, 3.8) is 0 Å². The predicted octanol–water partition coefficient (Wildman–Crippen LogP) is 2.84. The molecule has 22 heavy (non-hydrogen) atoms. The molecule has 4 heteroatoms. The van der Waals surface area contributed by atoms with E-state index in [1.165, 1.54) is 12.8 Å². The smallest absolute Gasteiger partial charge is 0.253 e. The van der Waals surface area contributed by atoms with E-state index in [4.69, 9.17) is 5.73 Å². The first kappa shape index (κ1) is 16.8. The zero-order valence-corrected chi connectivity index (χ0v) is 14.1. The van der Waals surface area contributed by atoms with Crippen LogP contribution in [0, 0.1) is 6.92 Å². The third-order valence-corrected chi connectivity index (χ3v) is 4.85. The van der Waals surface area contributed by atoms with Crippen molar-refractivity contribution in [2.45, 2.75) is 52.0 Å². The van der Waals surface area contributed by atoms with E-state index in [0.717, 1.165) is 42.7 Å². The number of nitrogens with one attached hydrogen (secondary N) is 1. The SMILES string of the molecule is CCC(N)(CC)CNC(=O)c1cc(C)ccc1N1CCCC1. The van der Waals surface area contributed by atoms with Crippen molar-refractivity contribution in [2.24, 2.45) is 5.73 Å². The van der Waals surface area contributed by atoms with Crippen molar-refractivity contribution >= 4 is 11.6 Å². The molecule has 0 unspecified atom stereocenters. The number of rotatable bonds is 6. The summed E-state index contributed by atoms with van der Waals surface area (Å²) in [4.78, 5) is 15.0. The highest BCUT2D eigenvalue weighted by molar-refractivity contribution is 6.00. The number of hydrogen-bond donors (Lipinski definition) is 2. The number of carbonyl (C=O) groups is 1. The first-order valence-electron chi connectivity index (χ1n) is 8.42. The highest BCUT2D eigenvalue weighted by atomic mass is 16.1. The summed E-state index contributed by atoms with van der Waals surface area (Å²) in [5.74, 6) is -0.0117. The minimum absolute atomic E-state index is 0.0117. The first-order valence-corrected chi connectivity index (χ1v) is 8.42. The summed E-state index contributed by atoms with van der Waals surface area (Å²) in [6.45, 7) is 8.75. The highest BCUT2D eigenvalue weighted by Gasteiger charge is 2.23. The summed E-state index contributed by atoms with van der Waals surface area (Å²) in [5.41, 5.74) is 8.91. The third-order valence-electron chi connectivity index (χ3n) is 4.85. The van der Waals surface area contributed by atoms with Crippen LogP contribution in [0.4, 0.5) is 5.69 Å². The van der Waals surface area contributed by atoms with E-state index in [0.29, 0.717) is 6.54 Å². The number of nitrogens with zero attached hydrogens (tertiary/aromatic N) is 1. The number of hydrogen-bond acceptors (Lipinski definition) is 3. The fourth-order valence-corrected chi connectivity index (χ4v) is 2.92. The summed E-state index contributed by atoms with van der Waals surface area (Å²) in [5, 5.41) is 3.04. The van der Waals surface area contributed by atoms with Gasteiger partial charge in [-0.2, -0.15) is 0 Å². The Morgan fingerprint density at radius 1 is 1.27 bits per heavy atom. The van der Waals surface area contributed by atoms with E-state index in [1.807, 2.05) is 13.0 Å². The van der Waals surface area contributed by atoms with Crippen LogP contribution in [-0.4, -0.2) is 31.1 Å². The number of carbonyl (C=O) groups excluding carboxylic acids is 1. The molecule has 0 radical (unpaired) electrons. The van der Waals surface area contributed by atoms with Gasteiger partial charge in [0.25, 0.3) is 5.91 Å². The lowest BCUT2D eigenvalue weighted by molar-refractivity contribution is 0.0942. The Balaban J connectivity index is 2.16. The molecular formula is C18H29N3O. The van der Waals surface area contributed by atoms with E-state index in [2.05, 4.69) is 36.2 Å². The van der Waals surface area contributed by atoms with Crippen LogP contribution in [0.15, 0.2) is 18.2 Å². The average Bonchev–Trinajstić information content (AvgIpc) is 3.06. The van der Waals surface area contributed by atoms with Crippen molar-refractivity contribution < 1.29 is 4.79 Å². The van der Waals surface area contributed by atoms with Gasteiger partial charge in [0, 0.05) is 30.9 Å². The second-order valence-electron chi connectivity index (χ2n) is 6.47. The molecule has 0 spiro atoms. The summed E-state index contributed by atoms with van der Waals surface area (Å²) in [7, 11) is 0. The number of aryl methyl sites for hydroxylation is 1. The lowest BCUT2D eigenvalue weighted by Crippen LogP contribution is -2.49. The monoisotopic (exact) mass is 303 g/mol. The average molecular weight is 303 g/mol. The Morgan fingerprint density at radius 3 is 2.50 bits per heavy atom. The van der Waals surface area contributed by atoms with E-state index in [9.17, 15) is 4.79 Å². The number of anilines is 1. The number of nitrogens with two attached hydrogens (primary N) is 1. The van der Waals surface area contributed by atoms with Crippen LogP contribution < -0.4 is 16.0 Å². The maximum absolute atomic E-state index is 12.7. The Labute approximate surface area is 134 Å². The lowest BCUT2D eigenvalue weighted by Gasteiger charge is -2.27. The van der Waals surface area contributed by atoms with E-state index >= 15 is 0 Å². The quantitative estimate of drug-likeness (QED) is 0.849. The van der Waals surface area contributed by atoms with Gasteiger partial charge < -0.3 is 16.0 Å². The highest BCUT2D eigenvalue weighted by Crippen LogP contribution is 2.25. The van der Waals surface area contributed by atoms with Gasteiger partial charge in [0.2, 0.25) is 0 Å². The van der Waals surface area contributed by atoms with Gasteiger partial charge in [0.05, 0.1) is 5.56 Å². The molecule has 0 saturated carbocycles. The van der Waals surface area contributed by atoms with E-state index in [1.54, 1.807) is 0 Å². The van der Waals surface area contributed by atoms with Crippen molar-refractivity contribution in [3.8, 4) is 0 Å². The van der Waals surface area contributed by atoms with Crippen molar-refractivity contribution in [2.75, 3.05) is 24.5 Å². The van der Waals surface area contributed by atoms with Gasteiger partial charge in [0.15, 0.2) is 0 Å². The van der Waals surface area contributed by atoms with Gasteiger partial charge in [-0.15, -0.1) is 0 Å². The largest absolute Gasteiger partial charge is 0.371 e. The van der Waals surface area contributed by atoms with Crippen molar-refractivity contribution in [3.05, 3.63) is 29.3 Å². The molecule has 0 atom stereocenters. The van der Waals surface area contributed by atoms with Crippen LogP contribution in [0.3, 0.4) is 0 Å². The fraction of sp³-hybridized carbons (Fsp3) is 0.611. The summed E-state index contributed by atoms with van der Waals surface area (Å²) >= 11 is 0. The molecule has 1 aliphatic rings. The molecule has 1 aromatic rings. The van der Waals surface area contributed by atoms with Crippen LogP contribution >= 0.6 is 0 Å². The Kier molecular flexibility index (Phi) is 5.46. The van der Waals surface area contributed by atoms with Crippen LogP contribution in [0.5, 0.6) is 0 Å². The van der Waals surface area contributed by atoms with E-state index < -0.39 is 0 Å². The van der Waals surface area contributed by atoms with Crippen LogP contribution in [-0.2, 0) is 0 Å². The maximum atomic E-state index is 12.7. The van der Waals surface area contributed by atoms with Crippen molar-refractivity contribution in [1.82, 2.24) is 5.32 Å². The third kappa shape index (κ3) is 3.80. The zero-order chi connectivity index (χ0) is 16.2. The molecule has 3 N–H and O–H groups in total. The number of amides is 1. The van der Waals surface area contributed by atoms with Gasteiger partial charge in [-0.25, -0.2) is 0 Å². The molecule has 1 fully saturated rings. The molecule has 0 bridgehead atoms. The molecule has 0 aliphatic carbocycles. The molecule has 4 nitrogen and oxygen atoms in total. The molecule has 1 aliphatic heterocycles. The van der Waals surface area contributed by atoms with Crippen LogP contribution in [0.2, 0.25) is 0 Å². The molecule has 1 saturated heterocycles. The first-order chi connectivity index (χ1) is 10.5. The van der Waals surface area contributed by atoms with Gasteiger partial charge in [-0.3, -0.25) is 4.79 Å². The summed E-state index contributed by atoms with van der Waals surface area (Å²) in [6.07, 6.45) is 4.12. The van der Waals surface area contributed by atoms with Gasteiger partial charge in [-0.1, -0.05) is 25.5 Å². The second-order valence-corrected chi connectivity index (χ2v) is 6.47. The molecule has 1 heterocycles. The molecule has 0 aromatic heterocycles. The molecule has 122 valence electrons. The molecule has 1 aromatic carbocycles. The van der Waals surface area contributed by atoms with Gasteiger partial charge in [-0.05, 0) is 44.7 Å². The van der Waals surface area contributed by atoms with Crippen LogP contribution in [0.1, 0.15) is 55.5 Å². The zero-order valence-electron chi connectivity index (χ0n) is 14.1. The van der Waals surface area contributed by atoms with Crippen LogP contribution in [0.25, 0.3) is 0 Å². The maximum Gasteiger partial charge on any atom is 0.253 e. The normalized spacial score (nSPS) is 15.2. The topological polar surface area (TPSA) is 58.4 Å². The molecule has 1 amide bonds. The summed E-state index contributed by atoms with van der Waals surface area (Å²) < 4.78 is 0. The van der Waals surface area contributed by atoms with Crippen molar-refractivity contribution in [1.29, 1.82) is 0 Å². The standard InChI is InChI=1S/C18H29N3O/c1-4-18(19,5-2)13-20-17(22)15-12-14(3)8-9-16(15)21-10-6-7-11-21/h8-9,12H,4-7,10-11,13,19H2,1-3H3,(H,20,22). The lowest BCUT2D eigenvalue weighted by atomic mass is 9.94. The predicted molar refractivity (Wildman–Crippen MR) is 92.5 cm³/mol. The minimum atomic E-state index is -0.312. The Bertz CT molecular complexity index is 517. The number of benzene rings is 1. The second kappa shape index (κ2) is 7.14. The van der Waals surface area contributed by atoms with E-state index in [-0.39, 0.29) is 11.4 Å². The summed E-state index contributed by atoms with van der Waals surface area (Å²) in [6, 6.07) is 6.14. The minimum Gasteiger partial charge on any atom is -0.371 e.